The number of carbonyl (C=O) groups excluding carboxylic acids is 2. The highest BCUT2D eigenvalue weighted by molar-refractivity contribution is 6.73. The maximum Gasteiger partial charge on any atom is 0.409 e. The first-order chi connectivity index (χ1) is 14.7. The van der Waals surface area contributed by atoms with E-state index in [2.05, 4.69) is 20.8 Å². The highest BCUT2D eigenvalue weighted by Gasteiger charge is 2.57. The molecule has 0 radical (unpaired) electrons. The van der Waals surface area contributed by atoms with Gasteiger partial charge in [-0.1, -0.05) is 32.9 Å². The van der Waals surface area contributed by atoms with Crippen LogP contribution in [0.1, 0.15) is 39.7 Å². The molecular weight excluding hydrogens is 416 g/mol. The molecule has 168 valence electrons. The van der Waals surface area contributed by atoms with Crippen LogP contribution in [0.3, 0.4) is 0 Å². The lowest BCUT2D eigenvalue weighted by molar-refractivity contribution is -0.160. The first-order valence-electron chi connectivity index (χ1n) is 10.7. The molecule has 3 atom stereocenters. The van der Waals surface area contributed by atoms with Crippen LogP contribution in [0.25, 0.3) is 5.57 Å². The fourth-order valence-electron chi connectivity index (χ4n) is 4.82. The third kappa shape index (κ3) is 4.11. The molecule has 3 rings (SSSR count). The Morgan fingerprint density at radius 2 is 1.77 bits per heavy atom. The molecule has 2 heterocycles. The van der Waals surface area contributed by atoms with Crippen LogP contribution in [0, 0.1) is 5.92 Å². The number of β-lactam (4-membered cyclic amide) rings is 1. The first kappa shape index (κ1) is 23.0. The van der Waals surface area contributed by atoms with Gasteiger partial charge >= 0.3 is 12.1 Å². The summed E-state index contributed by atoms with van der Waals surface area (Å²) < 4.78 is 11.4. The third-order valence-corrected chi connectivity index (χ3v) is 11.4. The van der Waals surface area contributed by atoms with Crippen molar-refractivity contribution in [3.63, 3.8) is 0 Å². The minimum absolute atomic E-state index is 0.0204. The van der Waals surface area contributed by atoms with Gasteiger partial charge in [-0.2, -0.15) is 0 Å². The van der Waals surface area contributed by atoms with Crippen molar-refractivity contribution in [1.82, 2.24) is 4.90 Å². The largest absolute Gasteiger partial charge is 0.477 e. The molecule has 3 N–H and O–H groups in total. The van der Waals surface area contributed by atoms with Gasteiger partial charge in [0.05, 0.1) is 18.1 Å². The van der Waals surface area contributed by atoms with E-state index in [1.165, 1.54) is 4.90 Å². The van der Waals surface area contributed by atoms with Gasteiger partial charge in [-0.25, -0.2) is 9.59 Å². The number of amides is 2. The number of rotatable bonds is 9. The van der Waals surface area contributed by atoms with E-state index in [4.69, 9.17) is 14.9 Å². The van der Waals surface area contributed by atoms with Crippen LogP contribution in [-0.2, 0) is 14.0 Å². The smallest absolute Gasteiger partial charge is 0.409 e. The van der Waals surface area contributed by atoms with Crippen molar-refractivity contribution in [2.75, 3.05) is 0 Å². The van der Waals surface area contributed by atoms with Gasteiger partial charge in [0.2, 0.25) is 5.91 Å². The van der Waals surface area contributed by atoms with Crippen molar-refractivity contribution in [2.45, 2.75) is 64.4 Å². The summed E-state index contributed by atoms with van der Waals surface area (Å²) in [6, 6.07) is 9.20. The number of fused-ring (bicyclic) bond motifs is 1. The number of hydrogen-bond donors (Lipinski definition) is 2. The molecule has 9 heteroatoms. The summed E-state index contributed by atoms with van der Waals surface area (Å²) in [5, 5.41) is 9.82. The number of carbonyl (C=O) groups is 3. The molecule has 0 saturated carbocycles. The molecule has 2 amide bonds. The van der Waals surface area contributed by atoms with E-state index in [0.29, 0.717) is 17.6 Å². The predicted molar refractivity (Wildman–Crippen MR) is 118 cm³/mol. The molecule has 2 aliphatic rings. The summed E-state index contributed by atoms with van der Waals surface area (Å²) >= 11 is 0. The molecule has 1 fully saturated rings. The summed E-state index contributed by atoms with van der Waals surface area (Å²) in [4.78, 5) is 37.3. The number of benzene rings is 1. The fraction of sp³-hybridized carbons (Fsp3) is 0.500. The zero-order chi connectivity index (χ0) is 22.9. The van der Waals surface area contributed by atoms with Crippen molar-refractivity contribution in [2.24, 2.45) is 11.7 Å². The van der Waals surface area contributed by atoms with Gasteiger partial charge < -0.3 is 24.9 Å². The van der Waals surface area contributed by atoms with Crippen molar-refractivity contribution < 1.29 is 28.7 Å². The van der Waals surface area contributed by atoms with Gasteiger partial charge in [0.25, 0.3) is 0 Å². The Morgan fingerprint density at radius 3 is 2.26 bits per heavy atom. The Kier molecular flexibility index (Phi) is 6.56. The number of aliphatic carboxylic acids is 1. The van der Waals surface area contributed by atoms with Gasteiger partial charge in [-0.05, 0) is 54.7 Å². The maximum absolute atomic E-state index is 13.0. The van der Waals surface area contributed by atoms with E-state index < -0.39 is 20.4 Å². The predicted octanol–water partition coefficient (Wildman–Crippen LogP) is 3.58. The zero-order valence-corrected chi connectivity index (χ0v) is 19.4. The Balaban J connectivity index is 1.84. The summed E-state index contributed by atoms with van der Waals surface area (Å²) in [5.41, 5.74) is 6.31. The Morgan fingerprint density at radius 1 is 1.19 bits per heavy atom. The van der Waals surface area contributed by atoms with E-state index in [0.717, 1.165) is 18.1 Å². The summed E-state index contributed by atoms with van der Waals surface area (Å²) in [6.07, 6.45) is -0.724. The number of primary amides is 1. The van der Waals surface area contributed by atoms with Crippen LogP contribution in [0.4, 0.5) is 4.79 Å². The summed E-state index contributed by atoms with van der Waals surface area (Å²) in [5.74, 6) is -1.40. The highest BCUT2D eigenvalue weighted by atomic mass is 28.4. The van der Waals surface area contributed by atoms with Crippen molar-refractivity contribution in [3.05, 3.63) is 35.5 Å². The molecule has 1 aromatic carbocycles. The van der Waals surface area contributed by atoms with E-state index in [9.17, 15) is 19.5 Å². The lowest BCUT2D eigenvalue weighted by Crippen LogP contribution is -2.63. The second kappa shape index (κ2) is 8.84. The normalized spacial score (nSPS) is 21.5. The van der Waals surface area contributed by atoms with Crippen LogP contribution in [0.15, 0.2) is 30.0 Å². The molecular formula is C22H30N2O6Si. The Bertz CT molecular complexity index is 901. The molecule has 1 saturated heterocycles. The van der Waals surface area contributed by atoms with Crippen LogP contribution in [0.2, 0.25) is 18.1 Å². The second-order valence-electron chi connectivity index (χ2n) is 8.15. The molecule has 0 aromatic heterocycles. The van der Waals surface area contributed by atoms with E-state index in [-0.39, 0.29) is 35.4 Å². The molecule has 0 aliphatic carbocycles. The average Bonchev–Trinajstić information content (AvgIpc) is 3.08. The van der Waals surface area contributed by atoms with Crippen LogP contribution in [-0.4, -0.2) is 48.4 Å². The summed E-state index contributed by atoms with van der Waals surface area (Å²) in [6.45, 7) is 8.37. The van der Waals surface area contributed by atoms with E-state index in [1.807, 2.05) is 6.92 Å². The van der Waals surface area contributed by atoms with E-state index >= 15 is 0 Å². The van der Waals surface area contributed by atoms with E-state index in [1.54, 1.807) is 24.3 Å². The SMILES string of the molecule is CC[Si](CC)(CC)O[C@H](C)[C@H]1C(=O)N2C(C(=O)O)=C(c3ccc(OC(N)=O)cc3)C[C@H]12. The molecule has 31 heavy (non-hydrogen) atoms. The standard InChI is InChI=1S/C22H30N2O6Si/c1-5-31(6-2,7-3)30-13(4)18-17-12-16(19(21(26)27)24(17)20(18)25)14-8-10-15(11-9-14)29-22(23)28/h8-11,13,17-18H,5-7,12H2,1-4H3,(H2,23,28)(H,26,27)/t13-,17-,18-/m1/s1. The number of carboxylic acids is 1. The topological polar surface area (TPSA) is 119 Å². The monoisotopic (exact) mass is 446 g/mol. The number of hydrogen-bond acceptors (Lipinski definition) is 5. The van der Waals surface area contributed by atoms with Crippen molar-refractivity contribution >= 4 is 31.9 Å². The second-order valence-corrected chi connectivity index (χ2v) is 12.9. The van der Waals surface area contributed by atoms with Gasteiger partial charge in [-0.3, -0.25) is 4.79 Å². The van der Waals surface area contributed by atoms with Gasteiger partial charge in [0, 0.05) is 0 Å². The van der Waals surface area contributed by atoms with Crippen molar-refractivity contribution in [3.8, 4) is 5.75 Å². The molecule has 2 aliphatic heterocycles. The third-order valence-electron chi connectivity index (χ3n) is 6.71. The van der Waals surface area contributed by atoms with Gasteiger partial charge in [0.1, 0.15) is 11.4 Å². The molecule has 0 bridgehead atoms. The Hall–Kier alpha value is -2.65. The highest BCUT2D eigenvalue weighted by Crippen LogP contribution is 2.48. The van der Waals surface area contributed by atoms with Crippen LogP contribution in [0.5, 0.6) is 5.75 Å². The first-order valence-corrected chi connectivity index (χ1v) is 13.3. The number of nitrogens with two attached hydrogens (primary N) is 1. The van der Waals surface area contributed by atoms with Crippen LogP contribution < -0.4 is 10.5 Å². The molecule has 8 nitrogen and oxygen atoms in total. The molecule has 0 unspecified atom stereocenters. The summed E-state index contributed by atoms with van der Waals surface area (Å²) in [7, 11) is -1.89. The molecule has 0 spiro atoms. The Labute approximate surface area is 183 Å². The number of carboxylic acid groups (broad SMARTS) is 1. The lowest BCUT2D eigenvalue weighted by Gasteiger charge is -2.47. The lowest BCUT2D eigenvalue weighted by atomic mass is 9.82. The van der Waals surface area contributed by atoms with Gasteiger partial charge in [0.15, 0.2) is 8.32 Å². The minimum atomic E-state index is -1.89. The minimum Gasteiger partial charge on any atom is -0.477 e. The fourth-order valence-corrected chi connectivity index (χ4v) is 7.76. The maximum atomic E-state index is 13.0. The average molecular weight is 447 g/mol. The van der Waals surface area contributed by atoms with Crippen LogP contribution >= 0.6 is 0 Å². The quantitative estimate of drug-likeness (QED) is 0.442. The molecule has 1 aromatic rings. The zero-order valence-electron chi connectivity index (χ0n) is 18.4. The van der Waals surface area contributed by atoms with Crippen molar-refractivity contribution in [1.29, 1.82) is 0 Å². The number of ether oxygens (including phenoxy) is 1. The number of nitrogens with zero attached hydrogens (tertiary/aromatic N) is 1. The van der Waals surface area contributed by atoms with Gasteiger partial charge in [-0.15, -0.1) is 0 Å².